The normalized spacial score (nSPS) is 11.7. The Morgan fingerprint density at radius 1 is 1.10 bits per heavy atom. The first-order valence-corrected chi connectivity index (χ1v) is 8.94. The van der Waals surface area contributed by atoms with E-state index >= 15 is 0 Å². The lowest BCUT2D eigenvalue weighted by Gasteiger charge is -2.16. The van der Waals surface area contributed by atoms with Crippen LogP contribution in [0, 0.1) is 11.6 Å². The molecule has 0 aliphatic carbocycles. The number of ketones is 1. The van der Waals surface area contributed by atoms with E-state index < -0.39 is 35.3 Å². The van der Waals surface area contributed by atoms with Crippen LogP contribution in [0.4, 0.5) is 8.78 Å². The highest BCUT2D eigenvalue weighted by Crippen LogP contribution is 2.26. The Hall–Kier alpha value is -3.88. The third-order valence-corrected chi connectivity index (χ3v) is 4.43. The molecule has 30 heavy (non-hydrogen) atoms. The van der Waals surface area contributed by atoms with Crippen LogP contribution in [-0.4, -0.2) is 33.4 Å². The Labute approximate surface area is 170 Å². The summed E-state index contributed by atoms with van der Waals surface area (Å²) in [5.41, 5.74) is 5.42. The Balaban J connectivity index is 1.94. The maximum Gasteiger partial charge on any atom is 0.287 e. The quantitative estimate of drug-likeness (QED) is 0.577. The molecule has 0 saturated heterocycles. The average molecular weight is 412 g/mol. The molecule has 154 valence electrons. The molecule has 0 fully saturated rings. The second-order valence-corrected chi connectivity index (χ2v) is 6.61. The summed E-state index contributed by atoms with van der Waals surface area (Å²) >= 11 is 0. The zero-order valence-corrected chi connectivity index (χ0v) is 15.9. The highest BCUT2D eigenvalue weighted by atomic mass is 19.2. The molecule has 3 aromatic rings. The highest BCUT2D eigenvalue weighted by molar-refractivity contribution is 6.38. The van der Waals surface area contributed by atoms with Crippen molar-refractivity contribution in [2.75, 3.05) is 0 Å². The Morgan fingerprint density at radius 3 is 2.47 bits per heavy atom. The number of Topliss-reactive ketones (excluding diaryl/α,β-unsaturated/α-hetero) is 1. The summed E-state index contributed by atoms with van der Waals surface area (Å²) in [4.78, 5) is 36.6. The maximum absolute atomic E-state index is 14.3. The van der Waals surface area contributed by atoms with Crippen LogP contribution < -0.4 is 11.1 Å². The topological polar surface area (TPSA) is 107 Å². The number of nitrogens with zero attached hydrogens (tertiary/aromatic N) is 2. The van der Waals surface area contributed by atoms with Gasteiger partial charge in [-0.15, -0.1) is 0 Å². The van der Waals surface area contributed by atoms with Crippen LogP contribution in [0.1, 0.15) is 15.9 Å². The molecule has 2 aromatic carbocycles. The van der Waals surface area contributed by atoms with Crippen molar-refractivity contribution in [3.05, 3.63) is 77.5 Å². The fourth-order valence-electron chi connectivity index (χ4n) is 3.01. The zero-order chi connectivity index (χ0) is 21.8. The minimum absolute atomic E-state index is 0.0261. The number of carbonyl (C=O) groups is 3. The van der Waals surface area contributed by atoms with Gasteiger partial charge in [0.2, 0.25) is 5.78 Å². The van der Waals surface area contributed by atoms with E-state index in [9.17, 15) is 23.2 Å². The molecule has 0 bridgehead atoms. The summed E-state index contributed by atoms with van der Waals surface area (Å²) < 4.78 is 29.2. The third kappa shape index (κ3) is 4.40. The number of primary amides is 1. The van der Waals surface area contributed by atoms with Crippen LogP contribution in [0.25, 0.3) is 11.3 Å². The number of benzene rings is 2. The molecule has 1 unspecified atom stereocenters. The molecule has 0 radical (unpaired) electrons. The Bertz CT molecular complexity index is 1110. The van der Waals surface area contributed by atoms with E-state index in [-0.39, 0.29) is 23.2 Å². The van der Waals surface area contributed by atoms with Gasteiger partial charge in [-0.2, -0.15) is 5.10 Å². The lowest BCUT2D eigenvalue weighted by molar-refractivity contribution is -0.137. The summed E-state index contributed by atoms with van der Waals surface area (Å²) in [5.74, 6) is -5.19. The van der Waals surface area contributed by atoms with Gasteiger partial charge in [0.15, 0.2) is 11.6 Å². The van der Waals surface area contributed by atoms with Crippen LogP contribution in [0.2, 0.25) is 0 Å². The average Bonchev–Trinajstić information content (AvgIpc) is 3.11. The van der Waals surface area contributed by atoms with Crippen LogP contribution in [0.5, 0.6) is 0 Å². The molecule has 0 saturated carbocycles. The van der Waals surface area contributed by atoms with Crippen LogP contribution in [-0.2, 0) is 23.1 Å². The van der Waals surface area contributed by atoms with E-state index in [4.69, 9.17) is 5.73 Å². The van der Waals surface area contributed by atoms with Crippen molar-refractivity contribution < 1.29 is 23.2 Å². The monoisotopic (exact) mass is 412 g/mol. The van der Waals surface area contributed by atoms with Crippen molar-refractivity contribution in [1.82, 2.24) is 15.1 Å². The van der Waals surface area contributed by atoms with Gasteiger partial charge in [-0.25, -0.2) is 8.78 Å². The van der Waals surface area contributed by atoms with Gasteiger partial charge in [0.25, 0.3) is 11.8 Å². The number of hydrogen-bond donors (Lipinski definition) is 2. The van der Waals surface area contributed by atoms with Crippen LogP contribution in [0.3, 0.4) is 0 Å². The van der Waals surface area contributed by atoms with E-state index in [1.165, 1.54) is 30.1 Å². The molecule has 3 rings (SSSR count). The van der Waals surface area contributed by atoms with Gasteiger partial charge >= 0.3 is 0 Å². The van der Waals surface area contributed by atoms with E-state index in [2.05, 4.69) is 10.4 Å². The Morgan fingerprint density at radius 2 is 1.80 bits per heavy atom. The van der Waals surface area contributed by atoms with Crippen LogP contribution in [0.15, 0.2) is 54.7 Å². The van der Waals surface area contributed by atoms with E-state index in [1.54, 1.807) is 30.3 Å². The molecular weight excluding hydrogens is 394 g/mol. The van der Waals surface area contributed by atoms with Crippen molar-refractivity contribution in [3.63, 3.8) is 0 Å². The summed E-state index contributed by atoms with van der Waals surface area (Å²) in [5, 5.41) is 6.51. The molecule has 3 N–H and O–H groups in total. The summed E-state index contributed by atoms with van der Waals surface area (Å²) in [7, 11) is 1.51. The summed E-state index contributed by atoms with van der Waals surface area (Å²) in [6.07, 6.45) is 1.33. The summed E-state index contributed by atoms with van der Waals surface area (Å²) in [6.45, 7) is 0. The largest absolute Gasteiger partial charge is 0.363 e. The molecule has 2 amide bonds. The third-order valence-electron chi connectivity index (χ3n) is 4.43. The fraction of sp³-hybridized carbons (Fsp3) is 0.143. The standard InChI is InChI=1S/C21H18F2N4O3/c1-27-11-14(18(26-27)13-8-5-9-15(22)17(13)23)21(30)25-16(19(28)20(24)29)10-12-6-3-2-4-7-12/h2-9,11,16H,10H2,1H3,(H2,24,29)(H,25,30). The minimum Gasteiger partial charge on any atom is -0.363 e. The lowest BCUT2D eigenvalue weighted by atomic mass is 10.0. The van der Waals surface area contributed by atoms with Crippen LogP contribution >= 0.6 is 0 Å². The predicted octanol–water partition coefficient (Wildman–Crippen LogP) is 1.76. The van der Waals surface area contributed by atoms with E-state index in [1.807, 2.05) is 0 Å². The van der Waals surface area contributed by atoms with Crippen molar-refractivity contribution >= 4 is 17.6 Å². The number of amides is 2. The zero-order valence-electron chi connectivity index (χ0n) is 15.9. The number of aryl methyl sites for hydroxylation is 1. The molecule has 1 heterocycles. The second-order valence-electron chi connectivity index (χ2n) is 6.61. The van der Waals surface area contributed by atoms with Gasteiger partial charge in [-0.3, -0.25) is 19.1 Å². The van der Waals surface area contributed by atoms with Gasteiger partial charge < -0.3 is 11.1 Å². The number of nitrogens with two attached hydrogens (primary N) is 1. The summed E-state index contributed by atoms with van der Waals surface area (Å²) in [6, 6.07) is 11.0. The molecule has 9 heteroatoms. The molecular formula is C21H18F2N4O3. The SMILES string of the molecule is Cn1cc(C(=O)NC(Cc2ccccc2)C(=O)C(N)=O)c(-c2cccc(F)c2F)n1. The van der Waals surface area contributed by atoms with Gasteiger partial charge in [0.05, 0.1) is 5.56 Å². The van der Waals surface area contributed by atoms with Gasteiger partial charge in [-0.1, -0.05) is 36.4 Å². The second kappa shape index (κ2) is 8.64. The molecule has 1 aromatic heterocycles. The number of halogens is 2. The van der Waals surface area contributed by atoms with E-state index in [0.29, 0.717) is 5.56 Å². The number of hydrogen-bond acceptors (Lipinski definition) is 4. The first-order chi connectivity index (χ1) is 14.3. The predicted molar refractivity (Wildman–Crippen MR) is 104 cm³/mol. The molecule has 7 nitrogen and oxygen atoms in total. The molecule has 0 spiro atoms. The number of rotatable bonds is 7. The van der Waals surface area contributed by atoms with Gasteiger partial charge in [-0.05, 0) is 17.7 Å². The fourth-order valence-corrected chi connectivity index (χ4v) is 3.01. The number of aromatic nitrogens is 2. The van der Waals surface area contributed by atoms with Gasteiger partial charge in [0.1, 0.15) is 11.7 Å². The number of nitrogens with one attached hydrogen (secondary N) is 1. The van der Waals surface area contributed by atoms with Crippen molar-refractivity contribution in [2.24, 2.45) is 12.8 Å². The van der Waals surface area contributed by atoms with Crippen molar-refractivity contribution in [3.8, 4) is 11.3 Å². The van der Waals surface area contributed by atoms with Gasteiger partial charge in [0, 0.05) is 25.2 Å². The molecule has 0 aliphatic rings. The number of carbonyl (C=O) groups excluding carboxylic acids is 3. The molecule has 1 atom stereocenters. The minimum atomic E-state index is -1.23. The highest BCUT2D eigenvalue weighted by Gasteiger charge is 2.28. The van der Waals surface area contributed by atoms with Crippen molar-refractivity contribution in [1.29, 1.82) is 0 Å². The first-order valence-electron chi connectivity index (χ1n) is 8.94. The smallest absolute Gasteiger partial charge is 0.287 e. The maximum atomic E-state index is 14.3. The molecule has 0 aliphatic heterocycles. The Kier molecular flexibility index (Phi) is 6.01. The van der Waals surface area contributed by atoms with E-state index in [0.717, 1.165) is 6.07 Å². The lowest BCUT2D eigenvalue weighted by Crippen LogP contribution is -2.47. The van der Waals surface area contributed by atoms with Crippen molar-refractivity contribution in [2.45, 2.75) is 12.5 Å². The first kappa shape index (κ1) is 20.8.